The molecule has 0 saturated heterocycles. The molecule has 0 radical (unpaired) electrons. The Kier molecular flexibility index (Phi) is 7.30. The minimum atomic E-state index is -1.63. The van der Waals surface area contributed by atoms with E-state index in [1.165, 1.54) is 0 Å². The molecule has 1 atom stereocenters. The van der Waals surface area contributed by atoms with Crippen molar-refractivity contribution in [3.8, 4) is 0 Å². The number of rotatable bonds is 2. The van der Waals surface area contributed by atoms with E-state index in [4.69, 9.17) is 15.3 Å². The zero-order valence-electron chi connectivity index (χ0n) is 6.24. The van der Waals surface area contributed by atoms with Gasteiger partial charge in [-0.1, -0.05) is 0 Å². The zero-order chi connectivity index (χ0) is 5.86. The predicted molar refractivity (Wildman–Crippen MR) is 28.7 cm³/mol. The van der Waals surface area contributed by atoms with Crippen LogP contribution in [-0.4, -0.2) is 57.1 Å². The Bertz CT molecular complexity index is 80.9. The first kappa shape index (κ1) is 11.0. The molecule has 0 saturated carbocycles. The maximum absolute atomic E-state index is 9.52. The fourth-order valence-electron chi connectivity index (χ4n) is 0.0781. The average molecular weight is 132 g/mol. The van der Waals surface area contributed by atoms with Crippen LogP contribution in [0.5, 0.6) is 0 Å². The van der Waals surface area contributed by atoms with E-state index in [2.05, 4.69) is 0 Å². The summed E-state index contributed by atoms with van der Waals surface area (Å²) >= 11 is 0. The van der Waals surface area contributed by atoms with Crippen LogP contribution in [0.1, 0.15) is 2.85 Å². The van der Waals surface area contributed by atoms with E-state index in [-0.39, 0.29) is 25.9 Å². The normalized spacial score (nSPS) is 11.8. The number of aliphatic hydroxyl groups is 2. The van der Waals surface area contributed by atoms with Crippen LogP contribution < -0.4 is 0 Å². The number of carbonyl (C=O) groups is 1. The number of carboxylic acid groups (broad SMARTS) is 1. The largest absolute Gasteiger partial charge is 2.00 e. The summed E-state index contributed by atoms with van der Waals surface area (Å²) in [5.74, 6) is -1.40. The third-order valence-corrected chi connectivity index (χ3v) is 0.458. The molecule has 0 aromatic carbocycles. The second-order valence-electron chi connectivity index (χ2n) is 1.04. The van der Waals surface area contributed by atoms with E-state index in [0.29, 0.717) is 0 Å². The van der Waals surface area contributed by atoms with Gasteiger partial charge in [0.05, 0.1) is 6.61 Å². The Hall–Kier alpha value is 0.156. The van der Waals surface area contributed by atoms with Crippen LogP contribution in [-0.2, 0) is 4.79 Å². The molecule has 0 bridgehead atoms. The van der Waals surface area contributed by atoms with Gasteiger partial charge in [0, 0.05) is 0 Å². The maximum atomic E-state index is 9.52. The molecule has 0 aliphatic carbocycles. The van der Waals surface area contributed by atoms with Crippen molar-refractivity contribution in [2.24, 2.45) is 0 Å². The van der Waals surface area contributed by atoms with E-state index in [0.717, 1.165) is 0 Å². The number of carboxylic acids is 1. The first-order valence-corrected chi connectivity index (χ1v) is 1.70. The molecule has 3 N–H and O–H groups in total. The van der Waals surface area contributed by atoms with Gasteiger partial charge in [-0.25, -0.2) is 4.79 Å². The van der Waals surface area contributed by atoms with Crippen molar-refractivity contribution in [1.29, 1.82) is 0 Å². The number of hydrogen-bond acceptors (Lipinski definition) is 3. The van der Waals surface area contributed by atoms with E-state index in [9.17, 15) is 4.79 Å². The molecular weight excluding hydrogens is 124 g/mol. The van der Waals surface area contributed by atoms with E-state index in [1.807, 2.05) is 0 Å². The van der Waals surface area contributed by atoms with Crippen molar-refractivity contribution in [2.45, 2.75) is 6.10 Å². The molecule has 5 heteroatoms. The SMILES string of the molecule is O=C(O)C(O)CO.[H-].[H-].[Mg+2]. The summed E-state index contributed by atoms with van der Waals surface area (Å²) in [6.07, 6.45) is -1.63. The molecule has 0 heterocycles. The van der Waals surface area contributed by atoms with Gasteiger partial charge in [0.1, 0.15) is 0 Å². The number of aliphatic carboxylic acids is 1. The third-order valence-electron chi connectivity index (χ3n) is 0.458. The van der Waals surface area contributed by atoms with Crippen molar-refractivity contribution in [3.05, 3.63) is 0 Å². The van der Waals surface area contributed by atoms with Gasteiger partial charge in [-0.15, -0.1) is 0 Å². The quantitative estimate of drug-likeness (QED) is 0.390. The molecular formula is C3H8MgO4. The summed E-state index contributed by atoms with van der Waals surface area (Å²) in [5.41, 5.74) is 0. The molecule has 0 fully saturated rings. The van der Waals surface area contributed by atoms with Crippen LogP contribution in [0.2, 0.25) is 0 Å². The van der Waals surface area contributed by atoms with Gasteiger partial charge < -0.3 is 18.2 Å². The van der Waals surface area contributed by atoms with E-state index in [1.54, 1.807) is 0 Å². The maximum Gasteiger partial charge on any atom is 2.00 e. The van der Waals surface area contributed by atoms with Crippen molar-refractivity contribution in [2.75, 3.05) is 6.61 Å². The smallest absolute Gasteiger partial charge is 1.00 e. The molecule has 0 aliphatic rings. The van der Waals surface area contributed by atoms with Crippen molar-refractivity contribution >= 4 is 29.0 Å². The second-order valence-corrected chi connectivity index (χ2v) is 1.04. The average Bonchev–Trinajstić information content (AvgIpc) is 1.65. The van der Waals surface area contributed by atoms with E-state index >= 15 is 0 Å². The Balaban J connectivity index is -0.0000000600. The van der Waals surface area contributed by atoms with Crippen LogP contribution in [0.25, 0.3) is 0 Å². The van der Waals surface area contributed by atoms with Crippen LogP contribution in [0.4, 0.5) is 0 Å². The fourth-order valence-corrected chi connectivity index (χ4v) is 0.0781. The Labute approximate surface area is 65.3 Å². The Morgan fingerprint density at radius 1 is 1.75 bits per heavy atom. The van der Waals surface area contributed by atoms with Crippen LogP contribution in [0.3, 0.4) is 0 Å². The molecule has 0 aromatic heterocycles. The summed E-state index contributed by atoms with van der Waals surface area (Å²) in [5, 5.41) is 23.7. The summed E-state index contributed by atoms with van der Waals surface area (Å²) < 4.78 is 0. The fraction of sp³-hybridized carbons (Fsp3) is 0.667. The standard InChI is InChI=1S/C3H6O4.Mg.2H/c4-1-2(5)3(6)7;;;/h2,4-5H,1H2,(H,6,7);;;/q;+2;2*-1. The van der Waals surface area contributed by atoms with Crippen LogP contribution in [0, 0.1) is 0 Å². The molecule has 0 amide bonds. The molecule has 4 nitrogen and oxygen atoms in total. The summed E-state index contributed by atoms with van der Waals surface area (Å²) in [6.45, 7) is -0.727. The first-order valence-electron chi connectivity index (χ1n) is 1.70. The molecule has 8 heavy (non-hydrogen) atoms. The molecule has 0 rings (SSSR count). The van der Waals surface area contributed by atoms with Crippen molar-refractivity contribution in [1.82, 2.24) is 0 Å². The van der Waals surface area contributed by atoms with Crippen LogP contribution in [0.15, 0.2) is 0 Å². The number of hydrogen-bond donors (Lipinski definition) is 3. The van der Waals surface area contributed by atoms with Gasteiger partial charge >= 0.3 is 29.0 Å². The molecule has 46 valence electrons. The zero-order valence-corrected chi connectivity index (χ0v) is 5.66. The molecule has 0 spiro atoms. The second kappa shape index (κ2) is 5.30. The van der Waals surface area contributed by atoms with Gasteiger partial charge in [0.15, 0.2) is 6.10 Å². The van der Waals surface area contributed by atoms with Crippen molar-refractivity contribution in [3.63, 3.8) is 0 Å². The Morgan fingerprint density at radius 3 is 2.12 bits per heavy atom. The van der Waals surface area contributed by atoms with E-state index < -0.39 is 18.7 Å². The third kappa shape index (κ3) is 4.32. The topological polar surface area (TPSA) is 77.8 Å². The minimum absolute atomic E-state index is 0. The van der Waals surface area contributed by atoms with Crippen LogP contribution >= 0.6 is 0 Å². The molecule has 0 aliphatic heterocycles. The van der Waals surface area contributed by atoms with Gasteiger partial charge in [0.25, 0.3) is 0 Å². The Morgan fingerprint density at radius 2 is 2.12 bits per heavy atom. The monoisotopic (exact) mass is 132 g/mol. The van der Waals surface area contributed by atoms with Gasteiger partial charge in [0.2, 0.25) is 0 Å². The summed E-state index contributed by atoms with van der Waals surface area (Å²) in [4.78, 5) is 9.52. The van der Waals surface area contributed by atoms with Gasteiger partial charge in [-0.05, 0) is 0 Å². The molecule has 0 aromatic rings. The number of aliphatic hydroxyl groups excluding tert-OH is 2. The summed E-state index contributed by atoms with van der Waals surface area (Å²) in [6, 6.07) is 0. The first-order chi connectivity index (χ1) is 3.18. The van der Waals surface area contributed by atoms with Crippen molar-refractivity contribution < 1.29 is 23.0 Å². The van der Waals surface area contributed by atoms with Gasteiger partial charge in [-0.2, -0.15) is 0 Å². The van der Waals surface area contributed by atoms with Gasteiger partial charge in [-0.3, -0.25) is 0 Å². The minimum Gasteiger partial charge on any atom is -1.00 e. The molecule has 1 unspecified atom stereocenters. The predicted octanol–water partition coefficient (Wildman–Crippen LogP) is -1.73. The summed E-state index contributed by atoms with van der Waals surface area (Å²) in [7, 11) is 0.